The lowest BCUT2D eigenvalue weighted by atomic mass is 9.86. The Morgan fingerprint density at radius 2 is 1.91 bits per heavy atom. The molecule has 6 nitrogen and oxygen atoms in total. The Hall–Kier alpha value is -1.21. The number of carbonyl (C=O) groups excluding carboxylic acids is 1. The number of hydrogen-bond acceptors (Lipinski definition) is 6. The summed E-state index contributed by atoms with van der Waals surface area (Å²) in [4.78, 5) is 18.8. The predicted octanol–water partition coefficient (Wildman–Crippen LogP) is 1.79. The number of nitrogens with zero attached hydrogens (tertiary/aromatic N) is 5. The van der Waals surface area contributed by atoms with E-state index >= 15 is 0 Å². The van der Waals surface area contributed by atoms with E-state index in [0.29, 0.717) is 12.3 Å². The summed E-state index contributed by atoms with van der Waals surface area (Å²) in [5, 5.41) is 10.9. The van der Waals surface area contributed by atoms with Crippen molar-refractivity contribution in [3.8, 4) is 0 Å². The third-order valence-electron chi connectivity index (χ3n) is 5.34. The number of amides is 1. The number of likely N-dealkylation sites (N-methyl/N-ethyl adjacent to an activating group) is 1. The summed E-state index contributed by atoms with van der Waals surface area (Å²) < 4.78 is 0. The number of piperazine rings is 1. The van der Waals surface area contributed by atoms with Crippen LogP contribution < -0.4 is 4.90 Å². The lowest BCUT2D eigenvalue weighted by Gasteiger charge is -2.49. The molecule has 2 aliphatic heterocycles. The highest BCUT2D eigenvalue weighted by molar-refractivity contribution is 7.15. The first-order valence-electron chi connectivity index (χ1n) is 8.45. The molecule has 0 bridgehead atoms. The number of likely N-dealkylation sites (tertiary alicyclic amines) is 1. The topological polar surface area (TPSA) is 52.6 Å². The molecule has 1 aromatic heterocycles. The van der Waals surface area contributed by atoms with Crippen molar-refractivity contribution >= 4 is 22.4 Å². The average Bonchev–Trinajstić information content (AvgIpc) is 2.97. The van der Waals surface area contributed by atoms with Gasteiger partial charge in [-0.15, -0.1) is 10.2 Å². The van der Waals surface area contributed by atoms with E-state index in [9.17, 15) is 4.79 Å². The van der Waals surface area contributed by atoms with Crippen molar-refractivity contribution in [2.75, 3.05) is 45.2 Å². The SMILES string of the molecule is CC(C)c1nnc(N2CCN(C)C3(CCC(=O)N(C)CC3)C2)s1. The molecule has 3 rings (SSSR count). The summed E-state index contributed by atoms with van der Waals surface area (Å²) in [7, 11) is 4.12. The predicted molar refractivity (Wildman–Crippen MR) is 93.1 cm³/mol. The summed E-state index contributed by atoms with van der Waals surface area (Å²) in [6.45, 7) is 8.08. The second kappa shape index (κ2) is 6.36. The fourth-order valence-corrected chi connectivity index (χ4v) is 4.38. The van der Waals surface area contributed by atoms with Gasteiger partial charge in [0, 0.05) is 51.1 Å². The average molecular weight is 337 g/mol. The van der Waals surface area contributed by atoms with Gasteiger partial charge in [0.15, 0.2) is 0 Å². The molecule has 2 aliphatic rings. The zero-order valence-electron chi connectivity index (χ0n) is 14.6. The van der Waals surface area contributed by atoms with Crippen LogP contribution in [0.4, 0.5) is 5.13 Å². The maximum Gasteiger partial charge on any atom is 0.222 e. The Kier molecular flexibility index (Phi) is 4.60. The number of carbonyl (C=O) groups is 1. The molecular formula is C16H27N5OS. The maximum atomic E-state index is 12.1. The van der Waals surface area contributed by atoms with Crippen molar-refractivity contribution in [3.05, 3.63) is 5.01 Å². The van der Waals surface area contributed by atoms with Crippen LogP contribution in [0.15, 0.2) is 0 Å². The van der Waals surface area contributed by atoms with Gasteiger partial charge in [-0.1, -0.05) is 25.2 Å². The maximum absolute atomic E-state index is 12.1. The molecule has 128 valence electrons. The van der Waals surface area contributed by atoms with Crippen molar-refractivity contribution in [1.82, 2.24) is 20.0 Å². The van der Waals surface area contributed by atoms with Gasteiger partial charge in [-0.3, -0.25) is 9.69 Å². The first-order chi connectivity index (χ1) is 10.9. The second-order valence-electron chi connectivity index (χ2n) is 7.21. The zero-order valence-corrected chi connectivity index (χ0v) is 15.4. The molecule has 3 heterocycles. The molecule has 1 atom stereocenters. The Morgan fingerprint density at radius 1 is 1.13 bits per heavy atom. The number of anilines is 1. The third-order valence-corrected chi connectivity index (χ3v) is 6.62. The van der Waals surface area contributed by atoms with Crippen LogP contribution in [-0.4, -0.2) is 71.7 Å². The Bertz CT molecular complexity index is 575. The van der Waals surface area contributed by atoms with E-state index in [1.165, 1.54) is 0 Å². The zero-order chi connectivity index (χ0) is 16.6. The van der Waals surface area contributed by atoms with Gasteiger partial charge in [0.05, 0.1) is 0 Å². The van der Waals surface area contributed by atoms with Gasteiger partial charge in [-0.25, -0.2) is 0 Å². The van der Waals surface area contributed by atoms with Crippen LogP contribution in [0.25, 0.3) is 0 Å². The largest absolute Gasteiger partial charge is 0.346 e. The fraction of sp³-hybridized carbons (Fsp3) is 0.812. The van der Waals surface area contributed by atoms with Crippen LogP contribution in [0, 0.1) is 0 Å². The van der Waals surface area contributed by atoms with E-state index in [1.54, 1.807) is 11.3 Å². The minimum atomic E-state index is 0.0718. The van der Waals surface area contributed by atoms with Crippen LogP contribution in [0.3, 0.4) is 0 Å². The number of aromatic nitrogens is 2. The van der Waals surface area contributed by atoms with Gasteiger partial charge in [0.2, 0.25) is 11.0 Å². The van der Waals surface area contributed by atoms with Gasteiger partial charge < -0.3 is 9.80 Å². The summed E-state index contributed by atoms with van der Waals surface area (Å²) in [6.07, 6.45) is 2.60. The molecule has 1 spiro atoms. The third kappa shape index (κ3) is 3.21. The molecule has 0 N–H and O–H groups in total. The van der Waals surface area contributed by atoms with Crippen molar-refractivity contribution in [1.29, 1.82) is 0 Å². The molecule has 2 fully saturated rings. The van der Waals surface area contributed by atoms with Crippen molar-refractivity contribution in [3.63, 3.8) is 0 Å². The monoisotopic (exact) mass is 337 g/mol. The first kappa shape index (κ1) is 16.6. The number of rotatable bonds is 2. The molecule has 2 saturated heterocycles. The highest BCUT2D eigenvalue weighted by Gasteiger charge is 2.42. The minimum absolute atomic E-state index is 0.0718. The molecule has 0 saturated carbocycles. The Balaban J connectivity index is 1.79. The Labute approximate surface area is 142 Å². The number of hydrogen-bond donors (Lipinski definition) is 0. The van der Waals surface area contributed by atoms with Crippen molar-refractivity contribution < 1.29 is 4.79 Å². The fourth-order valence-electron chi connectivity index (χ4n) is 3.51. The van der Waals surface area contributed by atoms with Gasteiger partial charge >= 0.3 is 0 Å². The van der Waals surface area contributed by atoms with E-state index < -0.39 is 0 Å². The molecule has 0 radical (unpaired) electrons. The van der Waals surface area contributed by atoms with E-state index in [4.69, 9.17) is 0 Å². The summed E-state index contributed by atoms with van der Waals surface area (Å²) >= 11 is 1.71. The molecule has 1 unspecified atom stereocenters. The highest BCUT2D eigenvalue weighted by Crippen LogP contribution is 2.35. The quantitative estimate of drug-likeness (QED) is 0.824. The molecule has 1 aromatic rings. The van der Waals surface area contributed by atoms with E-state index in [2.05, 4.69) is 40.9 Å². The van der Waals surface area contributed by atoms with Crippen LogP contribution in [0.2, 0.25) is 0 Å². The molecule has 0 aliphatic carbocycles. The molecular weight excluding hydrogens is 310 g/mol. The smallest absolute Gasteiger partial charge is 0.222 e. The Morgan fingerprint density at radius 3 is 2.61 bits per heavy atom. The van der Waals surface area contributed by atoms with Crippen LogP contribution in [0.5, 0.6) is 0 Å². The van der Waals surface area contributed by atoms with Gasteiger partial charge in [-0.2, -0.15) is 0 Å². The lowest BCUT2D eigenvalue weighted by Crippen LogP contribution is -2.61. The standard InChI is InChI=1S/C16H27N5OS/c1-12(2)14-17-18-15(23-14)21-10-9-20(4)16(11-21)6-5-13(22)19(3)8-7-16/h12H,5-11H2,1-4H3. The van der Waals surface area contributed by atoms with E-state index in [-0.39, 0.29) is 11.4 Å². The summed E-state index contributed by atoms with van der Waals surface area (Å²) in [6, 6.07) is 0. The van der Waals surface area contributed by atoms with Crippen LogP contribution >= 0.6 is 11.3 Å². The van der Waals surface area contributed by atoms with Crippen molar-refractivity contribution in [2.24, 2.45) is 0 Å². The molecule has 1 amide bonds. The highest BCUT2D eigenvalue weighted by atomic mass is 32.1. The summed E-state index contributed by atoms with van der Waals surface area (Å²) in [5.74, 6) is 0.692. The summed E-state index contributed by atoms with van der Waals surface area (Å²) in [5.41, 5.74) is 0.0718. The van der Waals surface area contributed by atoms with Gasteiger partial charge in [0.25, 0.3) is 0 Å². The van der Waals surface area contributed by atoms with Crippen LogP contribution in [-0.2, 0) is 4.79 Å². The molecule has 0 aromatic carbocycles. The normalized spacial score (nSPS) is 27.1. The van der Waals surface area contributed by atoms with E-state index in [0.717, 1.165) is 49.2 Å². The van der Waals surface area contributed by atoms with E-state index in [1.807, 2.05) is 11.9 Å². The van der Waals surface area contributed by atoms with Crippen molar-refractivity contribution in [2.45, 2.75) is 44.6 Å². The van der Waals surface area contributed by atoms with Gasteiger partial charge in [0.1, 0.15) is 5.01 Å². The first-order valence-corrected chi connectivity index (χ1v) is 9.26. The minimum Gasteiger partial charge on any atom is -0.346 e. The second-order valence-corrected chi connectivity index (χ2v) is 8.20. The van der Waals surface area contributed by atoms with Gasteiger partial charge in [-0.05, 0) is 19.9 Å². The lowest BCUT2D eigenvalue weighted by molar-refractivity contribution is -0.129. The molecule has 7 heteroatoms. The van der Waals surface area contributed by atoms with Crippen LogP contribution in [0.1, 0.15) is 44.0 Å². The molecule has 23 heavy (non-hydrogen) atoms.